The predicted octanol–water partition coefficient (Wildman–Crippen LogP) is 10.4. The second-order valence-electron chi connectivity index (χ2n) is 13.2. The van der Waals surface area contributed by atoms with Gasteiger partial charge in [-0.05, 0) is 69.6 Å². The lowest BCUT2D eigenvalue weighted by atomic mass is 9.81. The van der Waals surface area contributed by atoms with Crippen molar-refractivity contribution in [1.82, 2.24) is 9.97 Å². The first-order chi connectivity index (χ1) is 20.7. The molecule has 0 amide bonds. The van der Waals surface area contributed by atoms with E-state index in [0.29, 0.717) is 0 Å². The summed E-state index contributed by atoms with van der Waals surface area (Å²) in [6, 6.07) is 42.0. The van der Waals surface area contributed by atoms with E-state index in [1.165, 1.54) is 50.1 Å². The molecule has 2 aliphatic carbocycles. The number of rotatable bonds is 3. The topological polar surface area (TPSA) is 25.8 Å². The van der Waals surface area contributed by atoms with E-state index in [4.69, 9.17) is 9.97 Å². The number of benzene rings is 5. The van der Waals surface area contributed by atoms with Crippen LogP contribution in [0.4, 0.5) is 0 Å². The average molecular weight is 555 g/mol. The van der Waals surface area contributed by atoms with Gasteiger partial charge < -0.3 is 0 Å². The predicted molar refractivity (Wildman–Crippen MR) is 178 cm³/mol. The maximum Gasteiger partial charge on any atom is 0.160 e. The normalized spacial score (nSPS) is 15.0. The number of nitrogens with zero attached hydrogens (tertiary/aromatic N) is 2. The molecule has 6 aromatic rings. The van der Waals surface area contributed by atoms with Crippen molar-refractivity contribution in [3.63, 3.8) is 0 Å². The van der Waals surface area contributed by atoms with Crippen molar-refractivity contribution in [3.8, 4) is 56.2 Å². The largest absolute Gasteiger partial charge is 0.228 e. The summed E-state index contributed by atoms with van der Waals surface area (Å²) in [5, 5.41) is 0. The van der Waals surface area contributed by atoms with Gasteiger partial charge in [-0.3, -0.25) is 0 Å². The van der Waals surface area contributed by atoms with Gasteiger partial charge in [-0.2, -0.15) is 0 Å². The Morgan fingerprint density at radius 2 is 0.837 bits per heavy atom. The van der Waals surface area contributed by atoms with Crippen molar-refractivity contribution in [3.05, 3.63) is 143 Å². The molecule has 1 aromatic heterocycles. The first kappa shape index (κ1) is 25.9. The third-order valence-corrected chi connectivity index (χ3v) is 9.79. The van der Waals surface area contributed by atoms with Crippen LogP contribution in [0.2, 0.25) is 0 Å². The molecule has 2 heteroatoms. The van der Waals surface area contributed by atoms with Crippen molar-refractivity contribution in [2.75, 3.05) is 0 Å². The number of hydrogen-bond acceptors (Lipinski definition) is 2. The summed E-state index contributed by atoms with van der Waals surface area (Å²) >= 11 is 0. The van der Waals surface area contributed by atoms with Gasteiger partial charge in [0.1, 0.15) is 0 Å². The summed E-state index contributed by atoms with van der Waals surface area (Å²) < 4.78 is 0. The van der Waals surface area contributed by atoms with Crippen molar-refractivity contribution >= 4 is 0 Å². The van der Waals surface area contributed by atoms with Crippen LogP contribution in [0.3, 0.4) is 0 Å². The molecule has 0 spiro atoms. The SMILES string of the molecule is Cc1ccc(-c2nc(-c3ccc4c(c3)C(C)(C)c3ccccc3-4)cc(-c3ccc4c(c3)C(C)(C)c3ccccc3-4)n2)cc1. The number of aryl methyl sites for hydroxylation is 1. The summed E-state index contributed by atoms with van der Waals surface area (Å²) in [5.41, 5.74) is 17.0. The Morgan fingerprint density at radius 1 is 0.419 bits per heavy atom. The molecule has 2 nitrogen and oxygen atoms in total. The lowest BCUT2D eigenvalue weighted by Gasteiger charge is -2.22. The van der Waals surface area contributed by atoms with Crippen LogP contribution >= 0.6 is 0 Å². The van der Waals surface area contributed by atoms with Crippen LogP contribution in [0.1, 0.15) is 55.5 Å². The number of fused-ring (bicyclic) bond motifs is 6. The fraction of sp³-hybridized carbons (Fsp3) is 0.171. The summed E-state index contributed by atoms with van der Waals surface area (Å²) in [6.45, 7) is 11.4. The lowest BCUT2D eigenvalue weighted by Crippen LogP contribution is -2.15. The Labute approximate surface area is 254 Å². The smallest absolute Gasteiger partial charge is 0.160 e. The first-order valence-corrected chi connectivity index (χ1v) is 15.2. The third kappa shape index (κ3) is 3.86. The van der Waals surface area contributed by atoms with Crippen molar-refractivity contribution in [1.29, 1.82) is 0 Å². The summed E-state index contributed by atoms with van der Waals surface area (Å²) in [6.07, 6.45) is 0. The third-order valence-electron chi connectivity index (χ3n) is 9.79. The Kier molecular flexibility index (Phi) is 5.46. The highest BCUT2D eigenvalue weighted by atomic mass is 14.9. The minimum absolute atomic E-state index is 0.0713. The number of hydrogen-bond donors (Lipinski definition) is 0. The molecule has 2 aliphatic rings. The zero-order chi connectivity index (χ0) is 29.5. The standard InChI is InChI=1S/C41H34N2/c1-25-14-16-26(17-15-25)39-42-37(27-18-20-31-29-10-6-8-12-33(29)40(2,3)35(31)22-27)24-38(43-39)28-19-21-32-30-11-7-9-13-34(30)41(4,5)36(32)23-28/h6-24H,1-5H3. The Morgan fingerprint density at radius 3 is 1.33 bits per heavy atom. The minimum Gasteiger partial charge on any atom is -0.228 e. The number of aromatic nitrogens is 2. The molecule has 0 atom stereocenters. The molecule has 1 heterocycles. The lowest BCUT2D eigenvalue weighted by molar-refractivity contribution is 0.660. The zero-order valence-corrected chi connectivity index (χ0v) is 25.4. The van der Waals surface area contributed by atoms with E-state index in [9.17, 15) is 0 Å². The average Bonchev–Trinajstić information content (AvgIpc) is 3.40. The Hall–Kier alpha value is -4.82. The summed E-state index contributed by atoms with van der Waals surface area (Å²) in [5.74, 6) is 0.749. The van der Waals surface area contributed by atoms with Gasteiger partial charge >= 0.3 is 0 Å². The molecular formula is C41H34N2. The highest BCUT2D eigenvalue weighted by Gasteiger charge is 2.36. The molecule has 208 valence electrons. The molecule has 43 heavy (non-hydrogen) atoms. The van der Waals surface area contributed by atoms with Crippen LogP contribution in [0.15, 0.2) is 115 Å². The van der Waals surface area contributed by atoms with Crippen molar-refractivity contribution < 1.29 is 0 Å². The van der Waals surface area contributed by atoms with Gasteiger partial charge in [0.05, 0.1) is 11.4 Å². The molecule has 5 aromatic carbocycles. The maximum atomic E-state index is 5.17. The van der Waals surface area contributed by atoms with Gasteiger partial charge in [0.25, 0.3) is 0 Å². The van der Waals surface area contributed by atoms with E-state index in [-0.39, 0.29) is 10.8 Å². The maximum absolute atomic E-state index is 5.17. The van der Waals surface area contributed by atoms with Crippen molar-refractivity contribution in [2.45, 2.75) is 45.4 Å². The van der Waals surface area contributed by atoms with E-state index < -0.39 is 0 Å². The molecule has 0 saturated carbocycles. The van der Waals surface area contributed by atoms with Gasteiger partial charge in [-0.1, -0.05) is 130 Å². The summed E-state index contributed by atoms with van der Waals surface area (Å²) in [7, 11) is 0. The van der Waals surface area contributed by atoms with Crippen LogP contribution in [-0.4, -0.2) is 9.97 Å². The van der Waals surface area contributed by atoms with E-state index in [1.54, 1.807) is 0 Å². The molecule has 0 aliphatic heterocycles. The molecule has 0 saturated heterocycles. The molecule has 0 bridgehead atoms. The zero-order valence-electron chi connectivity index (χ0n) is 25.4. The van der Waals surface area contributed by atoms with Gasteiger partial charge in [-0.15, -0.1) is 0 Å². The quantitative estimate of drug-likeness (QED) is 0.217. The van der Waals surface area contributed by atoms with Crippen LogP contribution in [0, 0.1) is 6.92 Å². The second-order valence-corrected chi connectivity index (χ2v) is 13.2. The Bertz CT molecular complexity index is 1950. The first-order valence-electron chi connectivity index (χ1n) is 15.2. The van der Waals surface area contributed by atoms with Crippen LogP contribution < -0.4 is 0 Å². The van der Waals surface area contributed by atoms with Crippen LogP contribution in [-0.2, 0) is 10.8 Å². The summed E-state index contributed by atoms with van der Waals surface area (Å²) in [4.78, 5) is 10.3. The second kappa shape index (κ2) is 9.09. The van der Waals surface area contributed by atoms with Gasteiger partial charge in [0, 0.05) is 27.5 Å². The van der Waals surface area contributed by atoms with Crippen LogP contribution in [0.25, 0.3) is 56.2 Å². The van der Waals surface area contributed by atoms with Crippen LogP contribution in [0.5, 0.6) is 0 Å². The van der Waals surface area contributed by atoms with E-state index in [0.717, 1.165) is 33.9 Å². The fourth-order valence-corrected chi connectivity index (χ4v) is 7.30. The molecule has 8 rings (SSSR count). The van der Waals surface area contributed by atoms with Gasteiger partial charge in [0.15, 0.2) is 5.82 Å². The fourth-order valence-electron chi connectivity index (χ4n) is 7.30. The molecule has 0 radical (unpaired) electrons. The molecule has 0 unspecified atom stereocenters. The van der Waals surface area contributed by atoms with E-state index in [1.807, 2.05) is 0 Å². The van der Waals surface area contributed by atoms with Crippen molar-refractivity contribution in [2.24, 2.45) is 0 Å². The van der Waals surface area contributed by atoms with Gasteiger partial charge in [-0.25, -0.2) is 9.97 Å². The molecule has 0 N–H and O–H groups in total. The van der Waals surface area contributed by atoms with E-state index in [2.05, 4.69) is 150 Å². The molecule has 0 fully saturated rings. The monoisotopic (exact) mass is 554 g/mol. The minimum atomic E-state index is -0.0713. The molecular weight excluding hydrogens is 520 g/mol. The van der Waals surface area contributed by atoms with E-state index >= 15 is 0 Å². The highest BCUT2D eigenvalue weighted by Crippen LogP contribution is 2.51. The Balaban J connectivity index is 1.30. The highest BCUT2D eigenvalue weighted by molar-refractivity contribution is 5.85. The van der Waals surface area contributed by atoms with Gasteiger partial charge in [0.2, 0.25) is 0 Å².